The van der Waals surface area contributed by atoms with Gasteiger partial charge >= 0.3 is 0 Å². The molecule has 3 aromatic carbocycles. The van der Waals surface area contributed by atoms with Crippen LogP contribution < -0.4 is 10.2 Å². The number of amides is 2. The van der Waals surface area contributed by atoms with E-state index in [1.54, 1.807) is 24.3 Å². The summed E-state index contributed by atoms with van der Waals surface area (Å²) in [6.07, 6.45) is -0.250. The van der Waals surface area contributed by atoms with Gasteiger partial charge in [-0.2, -0.15) is 5.26 Å². The normalized spacial score (nSPS) is 13.8. The van der Waals surface area contributed by atoms with Crippen LogP contribution in [-0.2, 0) is 9.59 Å². The van der Waals surface area contributed by atoms with Crippen molar-refractivity contribution >= 4 is 39.6 Å². The number of fused-ring (bicyclic) bond motifs is 3. The second kappa shape index (κ2) is 5.77. The summed E-state index contributed by atoms with van der Waals surface area (Å²) in [6.45, 7) is 0. The molecule has 3 aromatic rings. The highest BCUT2D eigenvalue weighted by molar-refractivity contribution is 6.21. The molecule has 0 radical (unpaired) electrons. The van der Waals surface area contributed by atoms with Gasteiger partial charge in [0.1, 0.15) is 6.42 Å². The Bertz CT molecular complexity index is 1070. The number of rotatable bonds is 1. The van der Waals surface area contributed by atoms with Crippen molar-refractivity contribution in [3.05, 3.63) is 66.2 Å². The van der Waals surface area contributed by atoms with Crippen molar-refractivity contribution in [2.24, 2.45) is 0 Å². The molecule has 4 rings (SSSR count). The summed E-state index contributed by atoms with van der Waals surface area (Å²) in [6, 6.07) is 20.3. The van der Waals surface area contributed by atoms with Crippen LogP contribution in [0.5, 0.6) is 0 Å². The second-order valence-electron chi connectivity index (χ2n) is 5.80. The van der Waals surface area contributed by atoms with E-state index >= 15 is 0 Å². The molecule has 0 spiro atoms. The number of nitrogens with one attached hydrogen (secondary N) is 1. The molecule has 1 aliphatic heterocycles. The number of nitriles is 1. The van der Waals surface area contributed by atoms with Crippen LogP contribution >= 0.6 is 0 Å². The smallest absolute Gasteiger partial charge is 0.241 e. The third kappa shape index (κ3) is 2.50. The minimum atomic E-state index is -0.346. The fraction of sp³-hybridized carbons (Fsp3) is 0.0500. The maximum Gasteiger partial charge on any atom is 0.241 e. The molecule has 1 heterocycles. The molecule has 0 atom stereocenters. The van der Waals surface area contributed by atoms with Gasteiger partial charge in [-0.15, -0.1) is 0 Å². The lowest BCUT2D eigenvalue weighted by atomic mass is 10.1. The van der Waals surface area contributed by atoms with Crippen molar-refractivity contribution in [3.63, 3.8) is 0 Å². The maximum absolute atomic E-state index is 12.7. The molecule has 0 saturated heterocycles. The summed E-state index contributed by atoms with van der Waals surface area (Å²) in [5.41, 5.74) is 2.23. The molecular formula is C20H13N3O2. The Morgan fingerprint density at radius 2 is 1.84 bits per heavy atom. The molecule has 2 amide bonds. The van der Waals surface area contributed by atoms with E-state index in [1.165, 1.54) is 4.90 Å². The van der Waals surface area contributed by atoms with Crippen LogP contribution in [0.25, 0.3) is 10.8 Å². The van der Waals surface area contributed by atoms with E-state index in [1.807, 2.05) is 36.4 Å². The Hall–Kier alpha value is -3.65. The van der Waals surface area contributed by atoms with E-state index in [0.717, 1.165) is 10.8 Å². The lowest BCUT2D eigenvalue weighted by Gasteiger charge is -2.23. The Labute approximate surface area is 144 Å². The van der Waals surface area contributed by atoms with Crippen LogP contribution in [0.15, 0.2) is 60.7 Å². The SMILES string of the molecule is N#Cc1cccc(N2C(=O)CC(=O)Nc3c2ccc2ccccc32)c1. The average molecular weight is 327 g/mol. The topological polar surface area (TPSA) is 73.2 Å². The van der Waals surface area contributed by atoms with Crippen molar-refractivity contribution in [1.29, 1.82) is 5.26 Å². The largest absolute Gasteiger partial charge is 0.323 e. The van der Waals surface area contributed by atoms with Crippen LogP contribution in [-0.4, -0.2) is 11.8 Å². The van der Waals surface area contributed by atoms with Crippen LogP contribution in [0.4, 0.5) is 17.1 Å². The molecule has 0 unspecified atom stereocenters. The number of hydrogen-bond donors (Lipinski definition) is 1. The van der Waals surface area contributed by atoms with Crippen molar-refractivity contribution in [2.75, 3.05) is 10.2 Å². The third-order valence-electron chi connectivity index (χ3n) is 4.21. The van der Waals surface area contributed by atoms with Crippen molar-refractivity contribution in [3.8, 4) is 6.07 Å². The zero-order valence-corrected chi connectivity index (χ0v) is 13.2. The van der Waals surface area contributed by atoms with Gasteiger partial charge in [0.15, 0.2) is 0 Å². The predicted octanol–water partition coefficient (Wildman–Crippen LogP) is 3.72. The summed E-state index contributed by atoms with van der Waals surface area (Å²) in [7, 11) is 0. The van der Waals surface area contributed by atoms with Gasteiger partial charge < -0.3 is 5.32 Å². The highest BCUT2D eigenvalue weighted by Gasteiger charge is 2.28. The fourth-order valence-electron chi connectivity index (χ4n) is 3.11. The fourth-order valence-corrected chi connectivity index (χ4v) is 3.11. The summed E-state index contributed by atoms with van der Waals surface area (Å²) in [4.78, 5) is 26.4. The zero-order chi connectivity index (χ0) is 17.4. The molecule has 0 fully saturated rings. The van der Waals surface area contributed by atoms with Gasteiger partial charge in [-0.25, -0.2) is 0 Å². The van der Waals surface area contributed by atoms with E-state index in [9.17, 15) is 9.59 Å². The highest BCUT2D eigenvalue weighted by Crippen LogP contribution is 2.39. The van der Waals surface area contributed by atoms with Crippen molar-refractivity contribution in [2.45, 2.75) is 6.42 Å². The number of anilines is 3. The van der Waals surface area contributed by atoms with Gasteiger partial charge in [-0.3, -0.25) is 14.5 Å². The molecular weight excluding hydrogens is 314 g/mol. The average Bonchev–Trinajstić information content (AvgIpc) is 2.76. The summed E-state index contributed by atoms with van der Waals surface area (Å²) in [5.74, 6) is -0.678. The number of carbonyl (C=O) groups excluding carboxylic acids is 2. The maximum atomic E-state index is 12.7. The molecule has 1 aliphatic rings. The van der Waals surface area contributed by atoms with Crippen LogP contribution in [0, 0.1) is 11.3 Å². The summed E-state index contributed by atoms with van der Waals surface area (Å²) in [5, 5.41) is 13.8. The molecule has 0 aromatic heterocycles. The minimum Gasteiger partial charge on any atom is -0.323 e. The molecule has 5 heteroatoms. The molecule has 1 N–H and O–H groups in total. The zero-order valence-electron chi connectivity index (χ0n) is 13.2. The highest BCUT2D eigenvalue weighted by atomic mass is 16.2. The second-order valence-corrected chi connectivity index (χ2v) is 5.80. The standard InChI is InChI=1S/C20H13N3O2/c21-12-13-4-3-6-15(10-13)23-17-9-8-14-5-1-2-7-16(14)20(17)22-18(24)11-19(23)25/h1-10H,11H2,(H,22,24). The van der Waals surface area contributed by atoms with Crippen molar-refractivity contribution in [1.82, 2.24) is 0 Å². The van der Waals surface area contributed by atoms with Gasteiger partial charge in [-0.05, 0) is 29.7 Å². The quantitative estimate of drug-likeness (QED) is 0.692. The first-order valence-electron chi connectivity index (χ1n) is 7.82. The Kier molecular flexibility index (Phi) is 3.44. The van der Waals surface area contributed by atoms with Crippen molar-refractivity contribution < 1.29 is 9.59 Å². The Morgan fingerprint density at radius 1 is 1.00 bits per heavy atom. The number of nitrogens with zero attached hydrogens (tertiary/aromatic N) is 2. The first kappa shape index (κ1) is 14.9. The van der Waals surface area contributed by atoms with E-state index < -0.39 is 0 Å². The lowest BCUT2D eigenvalue weighted by molar-refractivity contribution is -0.124. The Morgan fingerprint density at radius 3 is 2.68 bits per heavy atom. The number of hydrogen-bond acceptors (Lipinski definition) is 3. The van der Waals surface area contributed by atoms with E-state index in [2.05, 4.69) is 11.4 Å². The molecule has 120 valence electrons. The predicted molar refractivity (Wildman–Crippen MR) is 95.5 cm³/mol. The number of carbonyl (C=O) groups is 2. The molecule has 0 bridgehead atoms. The first-order valence-corrected chi connectivity index (χ1v) is 7.82. The van der Waals surface area contributed by atoms with Crippen LogP contribution in [0.2, 0.25) is 0 Å². The monoisotopic (exact) mass is 327 g/mol. The van der Waals surface area contributed by atoms with E-state index in [0.29, 0.717) is 22.6 Å². The lowest BCUT2D eigenvalue weighted by Crippen LogP contribution is -2.26. The molecule has 5 nitrogen and oxygen atoms in total. The third-order valence-corrected chi connectivity index (χ3v) is 4.21. The van der Waals surface area contributed by atoms with Gasteiger partial charge in [0.25, 0.3) is 0 Å². The molecule has 25 heavy (non-hydrogen) atoms. The van der Waals surface area contributed by atoms with E-state index in [-0.39, 0.29) is 18.2 Å². The number of benzene rings is 3. The first-order chi connectivity index (χ1) is 12.2. The van der Waals surface area contributed by atoms with Crippen LogP contribution in [0.1, 0.15) is 12.0 Å². The minimum absolute atomic E-state index is 0.250. The Balaban J connectivity index is 1.99. The van der Waals surface area contributed by atoms with Gasteiger partial charge in [0, 0.05) is 5.39 Å². The van der Waals surface area contributed by atoms with Gasteiger partial charge in [0.05, 0.1) is 28.7 Å². The van der Waals surface area contributed by atoms with Gasteiger partial charge in [-0.1, -0.05) is 36.4 Å². The summed E-state index contributed by atoms with van der Waals surface area (Å²) >= 11 is 0. The molecule has 0 aliphatic carbocycles. The summed E-state index contributed by atoms with van der Waals surface area (Å²) < 4.78 is 0. The molecule has 0 saturated carbocycles. The van der Waals surface area contributed by atoms with E-state index in [4.69, 9.17) is 5.26 Å². The van der Waals surface area contributed by atoms with Gasteiger partial charge in [0.2, 0.25) is 11.8 Å². The van der Waals surface area contributed by atoms with Crippen LogP contribution in [0.3, 0.4) is 0 Å².